The topological polar surface area (TPSA) is 64.1 Å². The van der Waals surface area contributed by atoms with Gasteiger partial charge in [0.1, 0.15) is 0 Å². The normalized spacial score (nSPS) is 19.3. The standard InChI is InChI=1S/C22H23N3O2/c1-14-9-17(10-15(2)24-14)22(26)25-21-13-27-12-18(21)11-16-7-8-23-20-6-4-3-5-19(16)20/h3-10,18,21H,11-13H2,1-2H3,(H,25,26)/t18-,21-/m1/s1. The third-order valence-electron chi connectivity index (χ3n) is 5.08. The SMILES string of the molecule is Cc1cc(C(=O)N[C@@H]2COC[C@H]2Cc2ccnc3ccccc23)cc(C)n1. The molecule has 3 heterocycles. The number of carbonyl (C=O) groups is 1. The molecule has 0 bridgehead atoms. The van der Waals surface area contributed by atoms with Crippen molar-refractivity contribution in [3.8, 4) is 0 Å². The lowest BCUT2D eigenvalue weighted by molar-refractivity contribution is 0.0924. The number of ether oxygens (including phenoxy) is 1. The van der Waals surface area contributed by atoms with Gasteiger partial charge in [0.15, 0.2) is 0 Å². The molecule has 1 fully saturated rings. The van der Waals surface area contributed by atoms with Crippen LogP contribution in [0.1, 0.15) is 27.3 Å². The lowest BCUT2D eigenvalue weighted by Gasteiger charge is -2.20. The average molecular weight is 361 g/mol. The maximum atomic E-state index is 12.7. The van der Waals surface area contributed by atoms with Gasteiger partial charge in [0.05, 0.1) is 24.8 Å². The molecule has 5 nitrogen and oxygen atoms in total. The number of benzene rings is 1. The van der Waals surface area contributed by atoms with E-state index in [1.807, 2.05) is 50.4 Å². The summed E-state index contributed by atoms with van der Waals surface area (Å²) in [6, 6.07) is 13.9. The van der Waals surface area contributed by atoms with E-state index in [1.165, 1.54) is 5.56 Å². The monoisotopic (exact) mass is 361 g/mol. The minimum absolute atomic E-state index is 0.00166. The Labute approximate surface area is 158 Å². The number of nitrogens with one attached hydrogen (secondary N) is 1. The minimum atomic E-state index is -0.0660. The number of nitrogens with zero attached hydrogens (tertiary/aromatic N) is 2. The summed E-state index contributed by atoms with van der Waals surface area (Å²) in [5, 5.41) is 4.32. The lowest BCUT2D eigenvalue weighted by Crippen LogP contribution is -2.40. The summed E-state index contributed by atoms with van der Waals surface area (Å²) in [6.07, 6.45) is 2.70. The third-order valence-corrected chi connectivity index (χ3v) is 5.08. The van der Waals surface area contributed by atoms with Crippen LogP contribution < -0.4 is 5.32 Å². The molecule has 27 heavy (non-hydrogen) atoms. The van der Waals surface area contributed by atoms with Crippen LogP contribution >= 0.6 is 0 Å². The van der Waals surface area contributed by atoms with Crippen molar-refractivity contribution < 1.29 is 9.53 Å². The van der Waals surface area contributed by atoms with Crippen LogP contribution in [0.4, 0.5) is 0 Å². The lowest BCUT2D eigenvalue weighted by atomic mass is 9.93. The van der Waals surface area contributed by atoms with E-state index < -0.39 is 0 Å². The highest BCUT2D eigenvalue weighted by molar-refractivity contribution is 5.94. The van der Waals surface area contributed by atoms with Crippen molar-refractivity contribution in [1.82, 2.24) is 15.3 Å². The number of hydrogen-bond acceptors (Lipinski definition) is 4. The highest BCUT2D eigenvalue weighted by Crippen LogP contribution is 2.24. The Morgan fingerprint density at radius 2 is 1.93 bits per heavy atom. The fourth-order valence-corrected chi connectivity index (χ4v) is 3.79. The molecule has 1 amide bonds. The van der Waals surface area contributed by atoms with Gasteiger partial charge in [-0.3, -0.25) is 14.8 Å². The number of pyridine rings is 2. The molecule has 1 aliphatic rings. The third kappa shape index (κ3) is 3.83. The van der Waals surface area contributed by atoms with Crippen LogP contribution in [0, 0.1) is 19.8 Å². The maximum Gasteiger partial charge on any atom is 0.251 e. The van der Waals surface area contributed by atoms with Crippen molar-refractivity contribution in [2.45, 2.75) is 26.3 Å². The number of fused-ring (bicyclic) bond motifs is 1. The number of rotatable bonds is 4. The summed E-state index contributed by atoms with van der Waals surface area (Å²) in [7, 11) is 0. The fraction of sp³-hybridized carbons (Fsp3) is 0.318. The van der Waals surface area contributed by atoms with E-state index >= 15 is 0 Å². The molecule has 2 atom stereocenters. The van der Waals surface area contributed by atoms with E-state index in [4.69, 9.17) is 4.74 Å². The molecule has 2 aromatic heterocycles. The highest BCUT2D eigenvalue weighted by atomic mass is 16.5. The van der Waals surface area contributed by atoms with Gasteiger partial charge in [0, 0.05) is 34.5 Å². The summed E-state index contributed by atoms with van der Waals surface area (Å²) >= 11 is 0. The number of carbonyl (C=O) groups excluding carboxylic acids is 1. The van der Waals surface area contributed by atoms with Gasteiger partial charge in [0.25, 0.3) is 5.91 Å². The van der Waals surface area contributed by atoms with E-state index in [1.54, 1.807) is 0 Å². The van der Waals surface area contributed by atoms with Crippen molar-refractivity contribution in [2.75, 3.05) is 13.2 Å². The van der Waals surface area contributed by atoms with Crippen molar-refractivity contribution in [3.63, 3.8) is 0 Å². The number of aryl methyl sites for hydroxylation is 2. The van der Waals surface area contributed by atoms with Crippen molar-refractivity contribution in [2.24, 2.45) is 5.92 Å². The second kappa shape index (κ2) is 7.45. The fourth-order valence-electron chi connectivity index (χ4n) is 3.79. The molecule has 1 aliphatic heterocycles. The largest absolute Gasteiger partial charge is 0.379 e. The maximum absolute atomic E-state index is 12.7. The van der Waals surface area contributed by atoms with Crippen molar-refractivity contribution in [3.05, 3.63) is 71.2 Å². The van der Waals surface area contributed by atoms with Gasteiger partial charge < -0.3 is 10.1 Å². The zero-order valence-corrected chi connectivity index (χ0v) is 15.6. The van der Waals surface area contributed by atoms with Crippen LogP contribution in [0.15, 0.2) is 48.7 Å². The van der Waals surface area contributed by atoms with Gasteiger partial charge in [-0.2, -0.15) is 0 Å². The minimum Gasteiger partial charge on any atom is -0.379 e. The Kier molecular flexibility index (Phi) is 4.86. The summed E-state index contributed by atoms with van der Waals surface area (Å²) in [5.74, 6) is 0.174. The number of aromatic nitrogens is 2. The molecule has 0 radical (unpaired) electrons. The van der Waals surface area contributed by atoms with Crippen LogP contribution in [0.25, 0.3) is 10.9 Å². The quantitative estimate of drug-likeness (QED) is 0.775. The summed E-state index contributed by atoms with van der Waals surface area (Å²) in [4.78, 5) is 21.5. The van der Waals surface area contributed by atoms with Crippen molar-refractivity contribution >= 4 is 16.8 Å². The Morgan fingerprint density at radius 1 is 1.15 bits per heavy atom. The van der Waals surface area contributed by atoms with Gasteiger partial charge in [-0.05, 0) is 50.1 Å². The molecule has 1 aromatic carbocycles. The molecule has 5 heteroatoms. The van der Waals surface area contributed by atoms with Gasteiger partial charge >= 0.3 is 0 Å². The Bertz CT molecular complexity index is 961. The van der Waals surface area contributed by atoms with Gasteiger partial charge in [-0.15, -0.1) is 0 Å². The second-order valence-corrected chi connectivity index (χ2v) is 7.21. The first-order chi connectivity index (χ1) is 13.1. The van der Waals surface area contributed by atoms with E-state index in [9.17, 15) is 4.79 Å². The molecule has 1 saturated heterocycles. The average Bonchev–Trinajstić information content (AvgIpc) is 3.08. The molecule has 0 spiro atoms. The van der Waals surface area contributed by atoms with E-state index in [2.05, 4.69) is 27.4 Å². The van der Waals surface area contributed by atoms with Gasteiger partial charge in [-0.1, -0.05) is 18.2 Å². The molecule has 138 valence electrons. The summed E-state index contributed by atoms with van der Waals surface area (Å²) in [5.41, 5.74) is 4.59. The molecule has 0 aliphatic carbocycles. The Hall–Kier alpha value is -2.79. The molecule has 0 unspecified atom stereocenters. The first-order valence-corrected chi connectivity index (χ1v) is 9.26. The zero-order chi connectivity index (χ0) is 18.8. The van der Waals surface area contributed by atoms with Crippen LogP contribution in [0.3, 0.4) is 0 Å². The molecular formula is C22H23N3O2. The number of hydrogen-bond donors (Lipinski definition) is 1. The first kappa shape index (κ1) is 17.6. The van der Waals surface area contributed by atoms with Gasteiger partial charge in [0.2, 0.25) is 0 Å². The summed E-state index contributed by atoms with van der Waals surface area (Å²) < 4.78 is 5.70. The van der Waals surface area contributed by atoms with Gasteiger partial charge in [-0.25, -0.2) is 0 Å². The van der Waals surface area contributed by atoms with Crippen LogP contribution in [0.2, 0.25) is 0 Å². The first-order valence-electron chi connectivity index (χ1n) is 9.26. The predicted octanol–water partition coefficient (Wildman–Crippen LogP) is 3.23. The molecule has 4 rings (SSSR count). The van der Waals surface area contributed by atoms with Crippen LogP contribution in [0.5, 0.6) is 0 Å². The number of para-hydroxylation sites is 1. The second-order valence-electron chi connectivity index (χ2n) is 7.21. The zero-order valence-electron chi connectivity index (χ0n) is 15.6. The highest BCUT2D eigenvalue weighted by Gasteiger charge is 2.30. The summed E-state index contributed by atoms with van der Waals surface area (Å²) in [6.45, 7) is 5.00. The van der Waals surface area contributed by atoms with E-state index in [0.717, 1.165) is 28.7 Å². The smallest absolute Gasteiger partial charge is 0.251 e. The van der Waals surface area contributed by atoms with E-state index in [-0.39, 0.29) is 17.9 Å². The van der Waals surface area contributed by atoms with Crippen LogP contribution in [-0.4, -0.2) is 35.1 Å². The molecule has 3 aromatic rings. The molecule has 1 N–H and O–H groups in total. The van der Waals surface area contributed by atoms with E-state index in [0.29, 0.717) is 18.8 Å². The van der Waals surface area contributed by atoms with Crippen LogP contribution in [-0.2, 0) is 11.2 Å². The number of amides is 1. The predicted molar refractivity (Wildman–Crippen MR) is 105 cm³/mol. The Morgan fingerprint density at radius 3 is 2.74 bits per heavy atom. The van der Waals surface area contributed by atoms with Crippen molar-refractivity contribution in [1.29, 1.82) is 0 Å². The molecule has 0 saturated carbocycles. The Balaban J connectivity index is 1.51. The molecular weight excluding hydrogens is 338 g/mol.